The van der Waals surface area contributed by atoms with Crippen molar-refractivity contribution in [3.8, 4) is 39.3 Å². The van der Waals surface area contributed by atoms with Gasteiger partial charge < -0.3 is 5.11 Å². The molecular formula is C33H36FNO. The molecule has 3 aromatic carbocycles. The van der Waals surface area contributed by atoms with Crippen LogP contribution in [0.4, 0.5) is 4.39 Å². The summed E-state index contributed by atoms with van der Waals surface area (Å²) >= 11 is 0. The zero-order valence-corrected chi connectivity index (χ0v) is 22.2. The van der Waals surface area contributed by atoms with E-state index in [0.717, 1.165) is 39.8 Å². The second kappa shape index (κ2) is 9.89. The maximum atomic E-state index is 14.8. The van der Waals surface area contributed by atoms with Crippen molar-refractivity contribution in [1.82, 2.24) is 4.98 Å². The number of benzene rings is 3. The van der Waals surface area contributed by atoms with Crippen LogP contribution in [0.1, 0.15) is 52.7 Å². The van der Waals surface area contributed by atoms with Crippen LogP contribution in [0.3, 0.4) is 0 Å². The van der Waals surface area contributed by atoms with Crippen molar-refractivity contribution < 1.29 is 9.50 Å². The summed E-state index contributed by atoms with van der Waals surface area (Å²) < 4.78 is 14.8. The number of aromatic hydroxyl groups is 1. The molecule has 1 aromatic heterocycles. The van der Waals surface area contributed by atoms with E-state index in [0.29, 0.717) is 17.7 Å². The lowest BCUT2D eigenvalue weighted by molar-refractivity contribution is 0.399. The lowest BCUT2D eigenvalue weighted by Crippen LogP contribution is -2.11. The molecule has 0 radical (unpaired) electrons. The Morgan fingerprint density at radius 3 is 1.83 bits per heavy atom. The van der Waals surface area contributed by atoms with Crippen LogP contribution in [-0.4, -0.2) is 10.1 Å². The molecule has 3 heteroatoms. The van der Waals surface area contributed by atoms with Gasteiger partial charge in [0.15, 0.2) is 0 Å². The molecule has 2 nitrogen and oxygen atoms in total. The zero-order chi connectivity index (χ0) is 26.1. The minimum Gasteiger partial charge on any atom is -0.507 e. The fourth-order valence-electron chi connectivity index (χ4n) is 4.60. The fraction of sp³-hybridized carbons (Fsp3) is 0.303. The van der Waals surface area contributed by atoms with Crippen LogP contribution in [0, 0.1) is 16.8 Å². The van der Waals surface area contributed by atoms with Gasteiger partial charge in [0, 0.05) is 16.7 Å². The van der Waals surface area contributed by atoms with Gasteiger partial charge in [-0.1, -0.05) is 96.1 Å². The first-order valence-corrected chi connectivity index (χ1v) is 12.6. The molecule has 1 N–H and O–H groups in total. The van der Waals surface area contributed by atoms with Crippen LogP contribution in [0.25, 0.3) is 33.5 Å². The maximum Gasteiger partial charge on any atom is 0.216 e. The van der Waals surface area contributed by atoms with Crippen molar-refractivity contribution in [2.24, 2.45) is 10.8 Å². The normalized spacial score (nSPS) is 12.1. The topological polar surface area (TPSA) is 33.1 Å². The summed E-state index contributed by atoms with van der Waals surface area (Å²) in [6.07, 6.45) is 1.54. The molecule has 0 unspecified atom stereocenters. The van der Waals surface area contributed by atoms with E-state index in [4.69, 9.17) is 0 Å². The SMILES string of the molecule is CC(C)(C)Cc1ccc(-c2cccc(-c3cccc(-c4ccc(CC(C)(C)C)c(F)n4)c3)c2)c(O)c1. The lowest BCUT2D eigenvalue weighted by atomic mass is 9.87. The minimum atomic E-state index is -0.403. The highest BCUT2D eigenvalue weighted by Gasteiger charge is 2.16. The Labute approximate surface area is 214 Å². The number of hydrogen-bond donors (Lipinski definition) is 1. The third-order valence-corrected chi connectivity index (χ3v) is 6.11. The molecule has 0 atom stereocenters. The van der Waals surface area contributed by atoms with E-state index in [1.165, 1.54) is 0 Å². The molecule has 1 heterocycles. The molecule has 4 aromatic rings. The average molecular weight is 482 g/mol. The van der Waals surface area contributed by atoms with Crippen molar-refractivity contribution in [3.63, 3.8) is 0 Å². The number of phenols is 1. The van der Waals surface area contributed by atoms with Crippen LogP contribution < -0.4 is 0 Å². The van der Waals surface area contributed by atoms with Gasteiger partial charge in [0.05, 0.1) is 5.69 Å². The van der Waals surface area contributed by atoms with E-state index in [1.807, 2.05) is 66.7 Å². The molecular weight excluding hydrogens is 445 g/mol. The van der Waals surface area contributed by atoms with E-state index in [9.17, 15) is 9.50 Å². The van der Waals surface area contributed by atoms with Crippen LogP contribution in [0.2, 0.25) is 0 Å². The third kappa shape index (κ3) is 6.40. The first-order chi connectivity index (χ1) is 16.9. The van der Waals surface area contributed by atoms with E-state index in [-0.39, 0.29) is 16.6 Å². The summed E-state index contributed by atoms with van der Waals surface area (Å²) in [5.74, 6) is -0.113. The number of halogens is 1. The van der Waals surface area contributed by atoms with Crippen LogP contribution in [-0.2, 0) is 12.8 Å². The van der Waals surface area contributed by atoms with Gasteiger partial charge >= 0.3 is 0 Å². The molecule has 0 saturated heterocycles. The molecule has 0 aliphatic carbocycles. The fourth-order valence-corrected chi connectivity index (χ4v) is 4.60. The Kier molecular flexibility index (Phi) is 7.04. The van der Waals surface area contributed by atoms with Gasteiger partial charge in [-0.2, -0.15) is 4.39 Å². The number of phenolic OH excluding ortho intramolecular Hbond substituents is 1. The first-order valence-electron chi connectivity index (χ1n) is 12.6. The molecule has 0 amide bonds. The predicted molar refractivity (Wildman–Crippen MR) is 148 cm³/mol. The summed E-state index contributed by atoms with van der Waals surface area (Å²) in [5.41, 5.74) is 7.21. The number of rotatable bonds is 5. The van der Waals surface area contributed by atoms with Gasteiger partial charge in [-0.3, -0.25) is 0 Å². The molecule has 0 fully saturated rings. The van der Waals surface area contributed by atoms with E-state index >= 15 is 0 Å². The molecule has 4 rings (SSSR count). The Balaban J connectivity index is 1.63. The number of pyridine rings is 1. The highest BCUT2D eigenvalue weighted by molar-refractivity contribution is 5.78. The number of hydrogen-bond acceptors (Lipinski definition) is 2. The maximum absolute atomic E-state index is 14.8. The van der Waals surface area contributed by atoms with Crippen molar-refractivity contribution in [1.29, 1.82) is 0 Å². The van der Waals surface area contributed by atoms with Gasteiger partial charge in [0.1, 0.15) is 5.75 Å². The molecule has 0 saturated carbocycles. The van der Waals surface area contributed by atoms with Crippen LogP contribution in [0.5, 0.6) is 5.75 Å². The Hall–Kier alpha value is -3.46. The van der Waals surface area contributed by atoms with E-state index in [2.05, 4.69) is 58.7 Å². The van der Waals surface area contributed by atoms with Gasteiger partial charge in [-0.15, -0.1) is 0 Å². The summed E-state index contributed by atoms with van der Waals surface area (Å²) in [7, 11) is 0. The molecule has 36 heavy (non-hydrogen) atoms. The van der Waals surface area contributed by atoms with Crippen molar-refractivity contribution in [2.75, 3.05) is 0 Å². The first kappa shape index (κ1) is 25.6. The van der Waals surface area contributed by atoms with Gasteiger partial charge in [-0.05, 0) is 70.2 Å². The molecule has 0 spiro atoms. The molecule has 0 aliphatic heterocycles. The molecule has 0 aliphatic rings. The van der Waals surface area contributed by atoms with E-state index < -0.39 is 5.95 Å². The average Bonchev–Trinajstić information content (AvgIpc) is 2.79. The lowest BCUT2D eigenvalue weighted by Gasteiger charge is -2.19. The third-order valence-electron chi connectivity index (χ3n) is 6.11. The number of nitrogens with zero attached hydrogens (tertiary/aromatic N) is 1. The summed E-state index contributed by atoms with van der Waals surface area (Å²) in [5, 5.41) is 10.8. The molecule has 186 valence electrons. The van der Waals surface area contributed by atoms with Gasteiger partial charge in [0.25, 0.3) is 0 Å². The van der Waals surface area contributed by atoms with Crippen molar-refractivity contribution in [2.45, 2.75) is 54.4 Å². The predicted octanol–water partition coefficient (Wildman–Crippen LogP) is 9.10. The summed E-state index contributed by atoms with van der Waals surface area (Å²) in [6.45, 7) is 12.9. The van der Waals surface area contributed by atoms with E-state index in [1.54, 1.807) is 0 Å². The smallest absolute Gasteiger partial charge is 0.216 e. The number of aromatic nitrogens is 1. The highest BCUT2D eigenvalue weighted by atomic mass is 19.1. The summed E-state index contributed by atoms with van der Waals surface area (Å²) in [4.78, 5) is 4.27. The summed E-state index contributed by atoms with van der Waals surface area (Å²) in [6, 6.07) is 25.9. The second-order valence-corrected chi connectivity index (χ2v) is 12.1. The zero-order valence-electron chi connectivity index (χ0n) is 22.2. The second-order valence-electron chi connectivity index (χ2n) is 12.1. The van der Waals surface area contributed by atoms with Crippen LogP contribution >= 0.6 is 0 Å². The Bertz CT molecular complexity index is 1380. The van der Waals surface area contributed by atoms with Crippen molar-refractivity contribution >= 4 is 0 Å². The highest BCUT2D eigenvalue weighted by Crippen LogP contribution is 2.35. The van der Waals surface area contributed by atoms with Gasteiger partial charge in [0.2, 0.25) is 5.95 Å². The molecule has 0 bridgehead atoms. The van der Waals surface area contributed by atoms with Gasteiger partial charge in [-0.25, -0.2) is 4.98 Å². The minimum absolute atomic E-state index is 0.00366. The monoisotopic (exact) mass is 481 g/mol. The van der Waals surface area contributed by atoms with Crippen molar-refractivity contribution in [3.05, 3.63) is 95.9 Å². The Morgan fingerprint density at radius 1 is 0.667 bits per heavy atom. The quantitative estimate of drug-likeness (QED) is 0.288. The Morgan fingerprint density at radius 2 is 1.25 bits per heavy atom. The van der Waals surface area contributed by atoms with Crippen LogP contribution in [0.15, 0.2) is 78.9 Å². The standard InChI is InChI=1S/C33H36FNO/c1-32(2,3)20-22-13-15-28(30(36)17-22)25-11-7-9-23(18-25)24-10-8-12-26(19-24)29-16-14-27(31(34)35-29)21-33(4,5)6/h7-19,36H,20-21H2,1-6H3. The largest absolute Gasteiger partial charge is 0.507 e.